The van der Waals surface area contributed by atoms with Crippen LogP contribution >= 0.6 is 11.6 Å². The molecule has 2 aromatic rings. The van der Waals surface area contributed by atoms with Crippen LogP contribution in [-0.2, 0) is 17.8 Å². The van der Waals surface area contributed by atoms with Gasteiger partial charge in [0.2, 0.25) is 5.91 Å². The van der Waals surface area contributed by atoms with E-state index in [1.165, 1.54) is 6.08 Å². The Hall–Kier alpha value is -3.00. The van der Waals surface area contributed by atoms with Gasteiger partial charge in [-0.3, -0.25) is 4.79 Å². The number of carbonyl (C=O) groups is 1. The molecule has 1 amide bonds. The monoisotopic (exact) mass is 513 g/mol. The van der Waals surface area contributed by atoms with Gasteiger partial charge in [0.25, 0.3) is 0 Å². The SMILES string of the molecule is C=CC(=O)N1CCN(c2nc(O[C@H](C)CC)nc3c2CCN(c2cc(O)cc(Cl)c2C(C)C)C3)CC1. The summed E-state index contributed by atoms with van der Waals surface area (Å²) >= 11 is 6.55. The summed E-state index contributed by atoms with van der Waals surface area (Å²) in [5.41, 5.74) is 3.99. The van der Waals surface area contributed by atoms with Crippen LogP contribution in [0.3, 0.4) is 0 Å². The number of piperazine rings is 1. The van der Waals surface area contributed by atoms with E-state index in [-0.39, 0.29) is 23.7 Å². The molecule has 2 aliphatic rings. The summed E-state index contributed by atoms with van der Waals surface area (Å²) in [5, 5.41) is 10.9. The highest BCUT2D eigenvalue weighted by Crippen LogP contribution is 2.40. The fourth-order valence-electron chi connectivity index (χ4n) is 4.86. The normalized spacial score (nSPS) is 16.7. The number of fused-ring (bicyclic) bond motifs is 1. The largest absolute Gasteiger partial charge is 0.508 e. The molecule has 0 unspecified atom stereocenters. The van der Waals surface area contributed by atoms with Crippen LogP contribution in [0.25, 0.3) is 0 Å². The van der Waals surface area contributed by atoms with Gasteiger partial charge in [0, 0.05) is 55.1 Å². The number of nitrogens with zero attached hydrogens (tertiary/aromatic N) is 5. The second-order valence-corrected chi connectivity index (χ2v) is 10.2. The van der Waals surface area contributed by atoms with Crippen LogP contribution in [0.1, 0.15) is 56.9 Å². The Balaban J connectivity index is 1.68. The van der Waals surface area contributed by atoms with Crippen molar-refractivity contribution < 1.29 is 14.6 Å². The second-order valence-electron chi connectivity index (χ2n) is 9.79. The van der Waals surface area contributed by atoms with Crippen LogP contribution in [0.2, 0.25) is 5.02 Å². The minimum Gasteiger partial charge on any atom is -0.508 e. The topological polar surface area (TPSA) is 82.0 Å². The molecule has 194 valence electrons. The molecule has 1 aromatic carbocycles. The van der Waals surface area contributed by atoms with Gasteiger partial charge in [-0.25, -0.2) is 0 Å². The lowest BCUT2D eigenvalue weighted by molar-refractivity contribution is -0.126. The average Bonchev–Trinajstić information content (AvgIpc) is 2.86. The molecule has 0 saturated carbocycles. The van der Waals surface area contributed by atoms with Crippen molar-refractivity contribution >= 4 is 29.0 Å². The van der Waals surface area contributed by atoms with Crippen molar-refractivity contribution in [2.75, 3.05) is 42.5 Å². The molecule has 0 radical (unpaired) electrons. The molecule has 1 aromatic heterocycles. The van der Waals surface area contributed by atoms with E-state index in [9.17, 15) is 9.90 Å². The van der Waals surface area contributed by atoms with Crippen molar-refractivity contribution in [3.8, 4) is 11.8 Å². The maximum Gasteiger partial charge on any atom is 0.318 e. The van der Waals surface area contributed by atoms with Gasteiger partial charge in [-0.1, -0.05) is 39.0 Å². The molecule has 0 spiro atoms. The smallest absolute Gasteiger partial charge is 0.318 e. The van der Waals surface area contributed by atoms with Gasteiger partial charge in [0.1, 0.15) is 11.6 Å². The number of aromatic hydroxyl groups is 1. The Labute approximate surface area is 218 Å². The number of hydrogen-bond donors (Lipinski definition) is 1. The highest BCUT2D eigenvalue weighted by atomic mass is 35.5. The Kier molecular flexibility index (Phi) is 7.93. The number of ether oxygens (including phenoxy) is 1. The molecular formula is C27H36ClN5O3. The Morgan fingerprint density at radius 3 is 2.53 bits per heavy atom. The van der Waals surface area contributed by atoms with Gasteiger partial charge in [0.15, 0.2) is 0 Å². The summed E-state index contributed by atoms with van der Waals surface area (Å²) in [5.74, 6) is 1.21. The van der Waals surface area contributed by atoms with Crippen molar-refractivity contribution in [3.05, 3.63) is 46.6 Å². The van der Waals surface area contributed by atoms with E-state index < -0.39 is 0 Å². The standard InChI is InChI=1S/C27H36ClN5O3/c1-6-18(5)36-27-29-22-16-33(23-15-19(34)14-21(28)25(23)17(3)4)9-8-20(22)26(30-27)32-12-10-31(11-13-32)24(35)7-2/h7,14-15,17-18,34H,2,6,8-13,16H2,1,3-5H3/t18-/m1/s1. The van der Waals surface area contributed by atoms with Crippen molar-refractivity contribution in [1.82, 2.24) is 14.9 Å². The lowest BCUT2D eigenvalue weighted by Gasteiger charge is -2.38. The molecular weight excluding hydrogens is 478 g/mol. The highest BCUT2D eigenvalue weighted by molar-refractivity contribution is 6.32. The van der Waals surface area contributed by atoms with Gasteiger partial charge in [-0.15, -0.1) is 0 Å². The van der Waals surface area contributed by atoms with Crippen molar-refractivity contribution in [1.29, 1.82) is 0 Å². The maximum absolute atomic E-state index is 12.1. The Morgan fingerprint density at radius 1 is 1.17 bits per heavy atom. The van der Waals surface area contributed by atoms with Gasteiger partial charge in [0.05, 0.1) is 18.3 Å². The highest BCUT2D eigenvalue weighted by Gasteiger charge is 2.30. The lowest BCUT2D eigenvalue weighted by atomic mass is 9.97. The van der Waals surface area contributed by atoms with E-state index in [0.717, 1.165) is 47.7 Å². The van der Waals surface area contributed by atoms with Gasteiger partial charge >= 0.3 is 6.01 Å². The zero-order valence-corrected chi connectivity index (χ0v) is 22.4. The quantitative estimate of drug-likeness (QED) is 0.544. The number of anilines is 2. The first-order valence-corrected chi connectivity index (χ1v) is 13.1. The fourth-order valence-corrected chi connectivity index (χ4v) is 5.29. The molecule has 1 saturated heterocycles. The molecule has 0 aliphatic carbocycles. The number of carbonyl (C=O) groups excluding carboxylic acids is 1. The van der Waals surface area contributed by atoms with E-state index in [4.69, 9.17) is 26.3 Å². The number of hydrogen-bond acceptors (Lipinski definition) is 7. The molecule has 1 atom stereocenters. The maximum atomic E-state index is 12.1. The predicted molar refractivity (Wildman–Crippen MR) is 143 cm³/mol. The molecule has 3 heterocycles. The van der Waals surface area contributed by atoms with E-state index in [2.05, 4.69) is 37.1 Å². The molecule has 1 fully saturated rings. The number of halogens is 1. The van der Waals surface area contributed by atoms with E-state index in [1.807, 2.05) is 11.8 Å². The summed E-state index contributed by atoms with van der Waals surface area (Å²) in [6.45, 7) is 15.8. The number of benzene rings is 1. The first-order chi connectivity index (χ1) is 17.2. The molecule has 2 aliphatic heterocycles. The first-order valence-electron chi connectivity index (χ1n) is 12.7. The van der Waals surface area contributed by atoms with Gasteiger partial charge in [-0.05, 0) is 43.4 Å². The summed E-state index contributed by atoms with van der Waals surface area (Å²) in [6, 6.07) is 3.77. The Morgan fingerprint density at radius 2 is 1.89 bits per heavy atom. The number of phenols is 1. The zero-order valence-electron chi connectivity index (χ0n) is 21.6. The summed E-state index contributed by atoms with van der Waals surface area (Å²) in [6.07, 6.45) is 2.97. The van der Waals surface area contributed by atoms with Crippen LogP contribution in [0.4, 0.5) is 11.5 Å². The number of amides is 1. The minimum atomic E-state index is -0.0402. The number of aromatic nitrogens is 2. The molecule has 8 nitrogen and oxygen atoms in total. The number of phenolic OH excluding ortho intramolecular Hbond substituents is 1. The molecule has 0 bridgehead atoms. The molecule has 9 heteroatoms. The van der Waals surface area contributed by atoms with Crippen LogP contribution in [0, 0.1) is 0 Å². The minimum absolute atomic E-state index is 0.00456. The molecule has 4 rings (SSSR count). The third-order valence-electron chi connectivity index (χ3n) is 6.98. The van der Waals surface area contributed by atoms with Crippen LogP contribution in [-0.4, -0.2) is 64.7 Å². The summed E-state index contributed by atoms with van der Waals surface area (Å²) in [4.78, 5) is 28.0. The zero-order chi connectivity index (χ0) is 26.0. The van der Waals surface area contributed by atoms with E-state index in [0.29, 0.717) is 43.8 Å². The summed E-state index contributed by atoms with van der Waals surface area (Å²) < 4.78 is 6.07. The van der Waals surface area contributed by atoms with Crippen LogP contribution in [0.15, 0.2) is 24.8 Å². The average molecular weight is 514 g/mol. The van der Waals surface area contributed by atoms with Crippen molar-refractivity contribution in [2.24, 2.45) is 0 Å². The van der Waals surface area contributed by atoms with Crippen LogP contribution in [0.5, 0.6) is 11.8 Å². The van der Waals surface area contributed by atoms with E-state index >= 15 is 0 Å². The first kappa shape index (κ1) is 26.1. The number of rotatable bonds is 7. The Bertz CT molecular complexity index is 1130. The third-order valence-corrected chi connectivity index (χ3v) is 7.29. The van der Waals surface area contributed by atoms with Crippen molar-refractivity contribution in [3.63, 3.8) is 0 Å². The second kappa shape index (κ2) is 10.9. The fraction of sp³-hybridized carbons (Fsp3) is 0.519. The van der Waals surface area contributed by atoms with Gasteiger partial charge in [-0.2, -0.15) is 9.97 Å². The predicted octanol–water partition coefficient (Wildman–Crippen LogP) is 4.53. The third kappa shape index (κ3) is 5.38. The molecule has 36 heavy (non-hydrogen) atoms. The van der Waals surface area contributed by atoms with Crippen molar-refractivity contribution in [2.45, 2.75) is 59.1 Å². The van der Waals surface area contributed by atoms with Crippen LogP contribution < -0.4 is 14.5 Å². The lowest BCUT2D eigenvalue weighted by Crippen LogP contribution is -2.49. The summed E-state index contributed by atoms with van der Waals surface area (Å²) in [7, 11) is 0. The molecule has 1 N–H and O–H groups in total. The van der Waals surface area contributed by atoms with E-state index in [1.54, 1.807) is 12.1 Å². The van der Waals surface area contributed by atoms with Gasteiger partial charge < -0.3 is 24.5 Å².